The minimum Gasteiger partial charge on any atom is -0.388 e. The summed E-state index contributed by atoms with van der Waals surface area (Å²) in [6.07, 6.45) is 6.73. The summed E-state index contributed by atoms with van der Waals surface area (Å²) in [5, 5.41) is 15.6. The summed E-state index contributed by atoms with van der Waals surface area (Å²) in [5.74, 6) is 0.329. The Morgan fingerprint density at radius 2 is 2.12 bits per heavy atom. The first kappa shape index (κ1) is 17.4. The quantitative estimate of drug-likeness (QED) is 0.778. The lowest BCUT2D eigenvalue weighted by Gasteiger charge is -2.22. The smallest absolute Gasteiger partial charge is 0.315 e. The Hall–Kier alpha value is -2.41. The van der Waals surface area contributed by atoms with Gasteiger partial charge in [-0.1, -0.05) is 18.9 Å². The van der Waals surface area contributed by atoms with E-state index in [1.165, 1.54) is 6.07 Å². The van der Waals surface area contributed by atoms with Crippen LogP contribution >= 0.6 is 0 Å². The van der Waals surface area contributed by atoms with E-state index < -0.39 is 5.60 Å². The first-order chi connectivity index (χ1) is 12.0. The molecule has 0 aliphatic heterocycles. The molecule has 7 heteroatoms. The number of halogens is 1. The van der Waals surface area contributed by atoms with Gasteiger partial charge in [-0.25, -0.2) is 14.2 Å². The Labute approximate surface area is 146 Å². The number of aliphatic hydroxyl groups is 1. The van der Waals surface area contributed by atoms with Crippen LogP contribution in [0.15, 0.2) is 30.6 Å². The fourth-order valence-corrected chi connectivity index (χ4v) is 3.19. The van der Waals surface area contributed by atoms with Crippen LogP contribution < -0.4 is 10.6 Å². The minimum absolute atomic E-state index is 0.213. The van der Waals surface area contributed by atoms with Gasteiger partial charge in [-0.3, -0.25) is 0 Å². The number of hydrogen-bond donors (Lipinski definition) is 3. The molecule has 2 amide bonds. The van der Waals surface area contributed by atoms with Crippen molar-refractivity contribution in [3.63, 3.8) is 0 Å². The monoisotopic (exact) mass is 346 g/mol. The minimum atomic E-state index is -0.784. The molecule has 1 aliphatic carbocycles. The Kier molecular flexibility index (Phi) is 5.03. The summed E-state index contributed by atoms with van der Waals surface area (Å²) in [7, 11) is 0. The molecule has 6 nitrogen and oxygen atoms in total. The number of hydrogen-bond acceptors (Lipinski definition) is 3. The van der Waals surface area contributed by atoms with Crippen LogP contribution in [0.5, 0.6) is 0 Å². The zero-order valence-electron chi connectivity index (χ0n) is 14.3. The maximum Gasteiger partial charge on any atom is 0.315 e. The third-order valence-corrected chi connectivity index (χ3v) is 4.66. The van der Waals surface area contributed by atoms with Gasteiger partial charge in [0.1, 0.15) is 11.6 Å². The van der Waals surface area contributed by atoms with E-state index in [1.807, 2.05) is 0 Å². The van der Waals surface area contributed by atoms with Crippen LogP contribution in [-0.4, -0.2) is 32.8 Å². The molecule has 0 unspecified atom stereocenters. The highest BCUT2D eigenvalue weighted by molar-refractivity contribution is 5.73. The first-order valence-corrected chi connectivity index (χ1v) is 8.50. The number of carbonyl (C=O) groups excluding carboxylic acids is 1. The maximum absolute atomic E-state index is 14.3. The number of carbonyl (C=O) groups is 1. The Morgan fingerprint density at radius 1 is 1.36 bits per heavy atom. The molecule has 1 aliphatic rings. The molecular formula is C18H23FN4O2. The van der Waals surface area contributed by atoms with E-state index in [4.69, 9.17) is 0 Å². The van der Waals surface area contributed by atoms with Crippen molar-refractivity contribution in [2.75, 3.05) is 6.54 Å². The van der Waals surface area contributed by atoms with Crippen LogP contribution in [0.1, 0.15) is 37.1 Å². The molecule has 0 saturated heterocycles. The van der Waals surface area contributed by atoms with E-state index >= 15 is 0 Å². The van der Waals surface area contributed by atoms with E-state index in [2.05, 4.69) is 15.6 Å². The average molecular weight is 346 g/mol. The SMILES string of the molecule is Cc1nccn1-c1ccc(CNC(=O)NCC2(O)CCCC2)cc1F. The van der Waals surface area contributed by atoms with Gasteiger partial charge in [0.15, 0.2) is 0 Å². The van der Waals surface area contributed by atoms with Gasteiger partial charge in [0.05, 0.1) is 11.3 Å². The van der Waals surface area contributed by atoms with Crippen LogP contribution in [0.4, 0.5) is 9.18 Å². The number of aromatic nitrogens is 2. The van der Waals surface area contributed by atoms with E-state index in [0.717, 1.165) is 12.8 Å². The summed E-state index contributed by atoms with van der Waals surface area (Å²) in [6, 6.07) is 4.47. The summed E-state index contributed by atoms with van der Waals surface area (Å²) < 4.78 is 16.0. The standard InChI is InChI=1S/C18H23FN4O2/c1-13-20-8-9-23(13)16-5-4-14(10-15(16)19)11-21-17(24)22-12-18(25)6-2-3-7-18/h4-5,8-10,25H,2-3,6-7,11-12H2,1H3,(H2,21,22,24). The number of aryl methyl sites for hydroxylation is 1. The van der Waals surface area contributed by atoms with Crippen molar-refractivity contribution in [3.8, 4) is 5.69 Å². The highest BCUT2D eigenvalue weighted by Gasteiger charge is 2.31. The van der Waals surface area contributed by atoms with Gasteiger partial charge in [-0.05, 0) is 37.5 Å². The predicted molar refractivity (Wildman–Crippen MR) is 91.9 cm³/mol. The number of nitrogens with one attached hydrogen (secondary N) is 2. The van der Waals surface area contributed by atoms with Crippen molar-refractivity contribution in [2.24, 2.45) is 0 Å². The van der Waals surface area contributed by atoms with Crippen LogP contribution in [0.25, 0.3) is 5.69 Å². The highest BCUT2D eigenvalue weighted by atomic mass is 19.1. The van der Waals surface area contributed by atoms with E-state index in [0.29, 0.717) is 29.9 Å². The molecule has 3 rings (SSSR count). The van der Waals surface area contributed by atoms with Crippen LogP contribution in [0.3, 0.4) is 0 Å². The van der Waals surface area contributed by atoms with Crippen molar-refractivity contribution >= 4 is 6.03 Å². The fourth-order valence-electron chi connectivity index (χ4n) is 3.19. The number of amides is 2. The fraction of sp³-hybridized carbons (Fsp3) is 0.444. The zero-order valence-corrected chi connectivity index (χ0v) is 14.3. The Bertz CT molecular complexity index is 753. The molecule has 1 aromatic heterocycles. The van der Waals surface area contributed by atoms with Gasteiger partial charge < -0.3 is 20.3 Å². The number of benzene rings is 1. The molecule has 1 aromatic carbocycles. The highest BCUT2D eigenvalue weighted by Crippen LogP contribution is 2.28. The van der Waals surface area contributed by atoms with Crippen molar-refractivity contribution in [3.05, 3.63) is 47.8 Å². The molecule has 25 heavy (non-hydrogen) atoms. The molecule has 0 atom stereocenters. The average Bonchev–Trinajstić information content (AvgIpc) is 3.20. The molecular weight excluding hydrogens is 323 g/mol. The van der Waals surface area contributed by atoms with Crippen LogP contribution in [0.2, 0.25) is 0 Å². The third-order valence-electron chi connectivity index (χ3n) is 4.66. The molecule has 1 fully saturated rings. The zero-order chi connectivity index (χ0) is 17.9. The molecule has 1 saturated carbocycles. The normalized spacial score (nSPS) is 16.0. The van der Waals surface area contributed by atoms with Crippen LogP contribution in [-0.2, 0) is 6.54 Å². The van der Waals surface area contributed by atoms with Gasteiger partial charge in [-0.15, -0.1) is 0 Å². The molecule has 3 N–H and O–H groups in total. The second-order valence-electron chi connectivity index (χ2n) is 6.60. The number of rotatable bonds is 5. The van der Waals surface area contributed by atoms with Gasteiger partial charge in [0.25, 0.3) is 0 Å². The lowest BCUT2D eigenvalue weighted by atomic mass is 10.0. The van der Waals surface area contributed by atoms with E-state index in [-0.39, 0.29) is 24.9 Å². The van der Waals surface area contributed by atoms with E-state index in [9.17, 15) is 14.3 Å². The molecule has 0 radical (unpaired) electrons. The molecule has 134 valence electrons. The van der Waals surface area contributed by atoms with E-state index in [1.54, 1.807) is 36.0 Å². The van der Waals surface area contributed by atoms with Gasteiger partial charge in [0.2, 0.25) is 0 Å². The number of nitrogens with zero attached hydrogens (tertiary/aromatic N) is 2. The summed E-state index contributed by atoms with van der Waals surface area (Å²) in [4.78, 5) is 15.9. The molecule has 2 aromatic rings. The van der Waals surface area contributed by atoms with Crippen molar-refractivity contribution < 1.29 is 14.3 Å². The van der Waals surface area contributed by atoms with Crippen molar-refractivity contribution in [1.29, 1.82) is 0 Å². The Balaban J connectivity index is 1.54. The van der Waals surface area contributed by atoms with Gasteiger partial charge >= 0.3 is 6.03 Å². The first-order valence-electron chi connectivity index (χ1n) is 8.50. The Morgan fingerprint density at radius 3 is 2.76 bits per heavy atom. The van der Waals surface area contributed by atoms with Crippen molar-refractivity contribution in [1.82, 2.24) is 20.2 Å². The topological polar surface area (TPSA) is 79.2 Å². The summed E-state index contributed by atoms with van der Waals surface area (Å²) in [6.45, 7) is 2.26. The second kappa shape index (κ2) is 7.23. The maximum atomic E-state index is 14.3. The second-order valence-corrected chi connectivity index (χ2v) is 6.60. The third kappa shape index (κ3) is 4.17. The van der Waals surface area contributed by atoms with Crippen LogP contribution in [0, 0.1) is 12.7 Å². The number of imidazole rings is 1. The van der Waals surface area contributed by atoms with Gasteiger partial charge in [0, 0.05) is 25.5 Å². The lowest BCUT2D eigenvalue weighted by molar-refractivity contribution is 0.0501. The summed E-state index contributed by atoms with van der Waals surface area (Å²) in [5.41, 5.74) is 0.300. The molecule has 0 spiro atoms. The van der Waals surface area contributed by atoms with Crippen molar-refractivity contribution in [2.45, 2.75) is 44.8 Å². The number of urea groups is 1. The molecule has 0 bridgehead atoms. The molecule has 1 heterocycles. The van der Waals surface area contributed by atoms with Gasteiger partial charge in [-0.2, -0.15) is 0 Å². The summed E-state index contributed by atoms with van der Waals surface area (Å²) >= 11 is 0. The predicted octanol–water partition coefficient (Wildman–Crippen LogP) is 2.42. The lowest BCUT2D eigenvalue weighted by Crippen LogP contribution is -2.44. The largest absolute Gasteiger partial charge is 0.388 e.